The first-order valence-corrected chi connectivity index (χ1v) is 12.8. The summed E-state index contributed by atoms with van der Waals surface area (Å²) in [4.78, 5) is 1.43. The van der Waals surface area contributed by atoms with Crippen LogP contribution in [-0.2, 0) is 4.31 Å². The maximum absolute atomic E-state index is 2.43. The first-order chi connectivity index (χ1) is 12.4. The van der Waals surface area contributed by atoms with Gasteiger partial charge in [0.05, 0.1) is 0 Å². The normalized spacial score (nSPS) is 13.9. The standard InChI is InChI=1S/C24H32SSe/c1-18-17-19(2)21(4)23(20(18)3)25-16-12-8-11-15-24(5,26-6)22-13-9-7-10-14-22/h7,9-10,12-14,16-17H,8,11,15H2,1-6H3/b16-12-. The molecule has 0 fully saturated rings. The van der Waals surface area contributed by atoms with Gasteiger partial charge < -0.3 is 0 Å². The molecule has 0 N–H and O–H groups in total. The summed E-state index contributed by atoms with van der Waals surface area (Å²) < 4.78 is 0.357. The summed E-state index contributed by atoms with van der Waals surface area (Å²) >= 11 is 2.50. The maximum atomic E-state index is 2.43. The Labute approximate surface area is 171 Å². The zero-order valence-corrected chi connectivity index (χ0v) is 19.6. The summed E-state index contributed by atoms with van der Waals surface area (Å²) in [5.74, 6) is 2.37. The van der Waals surface area contributed by atoms with Crippen molar-refractivity contribution in [3.8, 4) is 0 Å². The number of unbranched alkanes of at least 4 members (excludes halogenated alkanes) is 1. The van der Waals surface area contributed by atoms with Gasteiger partial charge in [-0.1, -0.05) is 0 Å². The zero-order valence-electron chi connectivity index (χ0n) is 17.1. The number of hydrogen-bond acceptors (Lipinski definition) is 1. The summed E-state index contributed by atoms with van der Waals surface area (Å²) in [5, 5.41) is 2.30. The molecule has 0 aromatic heterocycles. The molecular formula is C24H32SSe. The fourth-order valence-corrected chi connectivity index (χ4v) is 5.81. The minimum atomic E-state index is 0.357. The molecule has 1 unspecified atom stereocenters. The first kappa shape index (κ1) is 21.4. The van der Waals surface area contributed by atoms with Crippen molar-refractivity contribution in [3.05, 3.63) is 75.7 Å². The van der Waals surface area contributed by atoms with Crippen LogP contribution in [0.25, 0.3) is 0 Å². The van der Waals surface area contributed by atoms with Gasteiger partial charge in [-0.25, -0.2) is 0 Å². The molecule has 0 bridgehead atoms. The Morgan fingerprint density at radius 1 is 1.00 bits per heavy atom. The Kier molecular flexibility index (Phi) is 8.07. The number of benzene rings is 2. The van der Waals surface area contributed by atoms with E-state index >= 15 is 0 Å². The molecule has 1 atom stereocenters. The van der Waals surface area contributed by atoms with Crippen molar-refractivity contribution in [1.29, 1.82) is 0 Å². The van der Waals surface area contributed by atoms with Crippen LogP contribution < -0.4 is 0 Å². The molecule has 0 aliphatic rings. The first-order valence-electron chi connectivity index (χ1n) is 9.39. The molecule has 2 rings (SSSR count). The van der Waals surface area contributed by atoms with Crippen molar-refractivity contribution in [3.63, 3.8) is 0 Å². The molecule has 0 aliphatic carbocycles. The molecule has 0 aliphatic heterocycles. The van der Waals surface area contributed by atoms with E-state index in [-0.39, 0.29) is 0 Å². The molecular weight excluding hydrogens is 399 g/mol. The van der Waals surface area contributed by atoms with Crippen LogP contribution in [0, 0.1) is 27.7 Å². The molecule has 2 aromatic carbocycles. The van der Waals surface area contributed by atoms with E-state index < -0.39 is 0 Å². The molecule has 0 spiro atoms. The number of allylic oxidation sites excluding steroid dienone is 1. The molecule has 2 aromatic rings. The van der Waals surface area contributed by atoms with E-state index in [0.717, 1.165) is 6.42 Å². The topological polar surface area (TPSA) is 0 Å². The number of aryl methyl sites for hydroxylation is 2. The van der Waals surface area contributed by atoms with Crippen LogP contribution in [0.4, 0.5) is 0 Å². The van der Waals surface area contributed by atoms with Crippen LogP contribution >= 0.6 is 11.8 Å². The number of hydrogen-bond donors (Lipinski definition) is 0. The predicted octanol–water partition coefficient (Wildman–Crippen LogP) is 7.36. The number of thioether (sulfide) groups is 1. The second-order valence-electron chi connectivity index (χ2n) is 7.27. The van der Waals surface area contributed by atoms with Crippen molar-refractivity contribution in [1.82, 2.24) is 0 Å². The molecule has 0 amide bonds. The van der Waals surface area contributed by atoms with Crippen molar-refractivity contribution in [2.24, 2.45) is 0 Å². The predicted molar refractivity (Wildman–Crippen MR) is 120 cm³/mol. The van der Waals surface area contributed by atoms with Gasteiger partial charge in [0.1, 0.15) is 0 Å². The van der Waals surface area contributed by atoms with Crippen LogP contribution in [0.3, 0.4) is 0 Å². The second-order valence-corrected chi connectivity index (χ2v) is 10.9. The third-order valence-electron chi connectivity index (χ3n) is 5.44. The van der Waals surface area contributed by atoms with E-state index in [1.807, 2.05) is 11.8 Å². The Balaban J connectivity index is 1.91. The van der Waals surface area contributed by atoms with E-state index in [4.69, 9.17) is 0 Å². The third-order valence-corrected chi connectivity index (χ3v) is 9.43. The van der Waals surface area contributed by atoms with Crippen LogP contribution in [-0.4, -0.2) is 15.0 Å². The Morgan fingerprint density at radius 3 is 2.19 bits per heavy atom. The van der Waals surface area contributed by atoms with E-state index in [0.29, 0.717) is 19.3 Å². The van der Waals surface area contributed by atoms with Crippen molar-refractivity contribution >= 4 is 26.7 Å². The second kappa shape index (κ2) is 9.83. The summed E-state index contributed by atoms with van der Waals surface area (Å²) in [6.07, 6.45) is 6.04. The summed E-state index contributed by atoms with van der Waals surface area (Å²) in [6, 6.07) is 13.3. The molecule has 0 saturated carbocycles. The molecule has 0 heterocycles. The van der Waals surface area contributed by atoms with Crippen LogP contribution in [0.2, 0.25) is 5.82 Å². The number of rotatable bonds is 8. The summed E-state index contributed by atoms with van der Waals surface area (Å²) in [7, 11) is 0. The average molecular weight is 432 g/mol. The minimum absolute atomic E-state index is 0.357. The SMILES string of the molecule is C[Se]C(C)(CCC/C=C\Sc1c(C)c(C)cc(C)c1C)c1ccccc1. The van der Waals surface area contributed by atoms with Crippen molar-refractivity contribution < 1.29 is 0 Å². The van der Waals surface area contributed by atoms with Gasteiger partial charge in [0.25, 0.3) is 0 Å². The fourth-order valence-electron chi connectivity index (χ4n) is 3.25. The molecule has 0 saturated heterocycles. The van der Waals surface area contributed by atoms with Crippen LogP contribution in [0.15, 0.2) is 52.8 Å². The quantitative estimate of drug-likeness (QED) is 0.239. The monoisotopic (exact) mass is 432 g/mol. The Morgan fingerprint density at radius 2 is 1.62 bits per heavy atom. The molecule has 0 nitrogen and oxygen atoms in total. The van der Waals surface area contributed by atoms with Gasteiger partial charge in [-0.2, -0.15) is 0 Å². The molecule has 26 heavy (non-hydrogen) atoms. The summed E-state index contributed by atoms with van der Waals surface area (Å²) in [6.45, 7) is 11.3. The van der Waals surface area contributed by atoms with Gasteiger partial charge in [-0.3, -0.25) is 0 Å². The van der Waals surface area contributed by atoms with Crippen molar-refractivity contribution in [2.45, 2.75) is 68.9 Å². The van der Waals surface area contributed by atoms with Gasteiger partial charge in [-0.15, -0.1) is 0 Å². The van der Waals surface area contributed by atoms with Gasteiger partial charge in [0.15, 0.2) is 0 Å². The van der Waals surface area contributed by atoms with E-state index in [9.17, 15) is 0 Å². The van der Waals surface area contributed by atoms with E-state index in [1.165, 1.54) is 45.6 Å². The van der Waals surface area contributed by atoms with E-state index in [1.54, 1.807) is 0 Å². The van der Waals surface area contributed by atoms with E-state index in [2.05, 4.69) is 88.3 Å². The molecule has 0 radical (unpaired) electrons. The summed E-state index contributed by atoms with van der Waals surface area (Å²) in [5.41, 5.74) is 7.14. The molecule has 2 heteroatoms. The van der Waals surface area contributed by atoms with Gasteiger partial charge in [0.2, 0.25) is 0 Å². The fraction of sp³-hybridized carbons (Fsp3) is 0.417. The van der Waals surface area contributed by atoms with Crippen LogP contribution in [0.5, 0.6) is 0 Å². The van der Waals surface area contributed by atoms with Gasteiger partial charge in [0, 0.05) is 0 Å². The average Bonchev–Trinajstić information content (AvgIpc) is 2.65. The third kappa shape index (κ3) is 5.28. The van der Waals surface area contributed by atoms with Crippen LogP contribution in [0.1, 0.15) is 54.0 Å². The van der Waals surface area contributed by atoms with Gasteiger partial charge >= 0.3 is 171 Å². The van der Waals surface area contributed by atoms with Crippen molar-refractivity contribution in [2.75, 3.05) is 0 Å². The molecule has 140 valence electrons. The zero-order chi connectivity index (χ0) is 19.2. The Bertz CT molecular complexity index is 722. The Hall–Kier alpha value is -0.951. The van der Waals surface area contributed by atoms with Gasteiger partial charge in [-0.05, 0) is 0 Å².